The van der Waals surface area contributed by atoms with Gasteiger partial charge in [0.15, 0.2) is 0 Å². The van der Waals surface area contributed by atoms with E-state index in [9.17, 15) is 5.11 Å². The minimum atomic E-state index is -0.386. The average Bonchev–Trinajstić information content (AvgIpc) is 2.57. The van der Waals surface area contributed by atoms with Gasteiger partial charge in [0.1, 0.15) is 12.6 Å². The zero-order valence-electron chi connectivity index (χ0n) is 12.6. The van der Waals surface area contributed by atoms with Crippen molar-refractivity contribution in [2.75, 3.05) is 37.6 Å². The first kappa shape index (κ1) is 15.3. The van der Waals surface area contributed by atoms with Gasteiger partial charge in [-0.1, -0.05) is 54.1 Å². The van der Waals surface area contributed by atoms with Gasteiger partial charge in [0.25, 0.3) is 0 Å². The fourth-order valence-electron chi connectivity index (χ4n) is 3.04. The molecule has 0 unspecified atom stereocenters. The fraction of sp³-hybridized carbons (Fsp3) is 0.333. The van der Waals surface area contributed by atoms with Crippen LogP contribution in [0.2, 0.25) is 5.02 Å². The molecule has 0 aliphatic carbocycles. The lowest BCUT2D eigenvalue weighted by Gasteiger charge is -2.34. The Hall–Kier alpha value is -1.55. The molecule has 0 aromatic heterocycles. The third-order valence-corrected chi connectivity index (χ3v) is 4.65. The van der Waals surface area contributed by atoms with Crippen molar-refractivity contribution < 1.29 is 10.0 Å². The monoisotopic (exact) mass is 317 g/mol. The van der Waals surface area contributed by atoms with Crippen molar-refractivity contribution in [3.8, 4) is 0 Å². The number of halogens is 1. The molecule has 2 aromatic rings. The van der Waals surface area contributed by atoms with Gasteiger partial charge in [-0.05, 0) is 17.7 Å². The molecule has 1 saturated heterocycles. The molecular formula is C18H22ClN2O+. The SMILES string of the molecule is O[C@H](C[NH+]1CCN(c2ccccc2Cl)CC1)c1ccccc1. The molecule has 0 spiro atoms. The molecule has 0 bridgehead atoms. The summed E-state index contributed by atoms with van der Waals surface area (Å²) in [6.07, 6.45) is -0.386. The summed E-state index contributed by atoms with van der Waals surface area (Å²) in [5.74, 6) is 0. The number of benzene rings is 2. The van der Waals surface area contributed by atoms with Gasteiger partial charge in [-0.25, -0.2) is 0 Å². The van der Waals surface area contributed by atoms with E-state index in [1.54, 1.807) is 0 Å². The Labute approximate surface area is 136 Å². The number of aliphatic hydroxyl groups is 1. The molecule has 1 aliphatic heterocycles. The predicted octanol–water partition coefficient (Wildman–Crippen LogP) is 1.78. The third-order valence-electron chi connectivity index (χ3n) is 4.33. The topological polar surface area (TPSA) is 27.9 Å². The largest absolute Gasteiger partial charge is 0.382 e. The maximum absolute atomic E-state index is 10.3. The number of piperazine rings is 1. The quantitative estimate of drug-likeness (QED) is 0.899. The van der Waals surface area contributed by atoms with E-state index in [4.69, 9.17) is 11.6 Å². The highest BCUT2D eigenvalue weighted by Gasteiger charge is 2.23. The van der Waals surface area contributed by atoms with Crippen molar-refractivity contribution in [1.29, 1.82) is 0 Å². The minimum absolute atomic E-state index is 0.386. The van der Waals surface area contributed by atoms with Gasteiger partial charge < -0.3 is 14.9 Å². The van der Waals surface area contributed by atoms with Gasteiger partial charge in [-0.2, -0.15) is 0 Å². The molecule has 116 valence electrons. The van der Waals surface area contributed by atoms with Crippen LogP contribution in [0.4, 0.5) is 5.69 Å². The molecule has 1 atom stereocenters. The zero-order valence-corrected chi connectivity index (χ0v) is 13.3. The van der Waals surface area contributed by atoms with E-state index in [1.165, 1.54) is 4.90 Å². The lowest BCUT2D eigenvalue weighted by Crippen LogP contribution is -3.15. The third kappa shape index (κ3) is 3.61. The Bertz CT molecular complexity index is 597. The summed E-state index contributed by atoms with van der Waals surface area (Å²) in [4.78, 5) is 3.78. The second-order valence-corrected chi connectivity index (χ2v) is 6.23. The summed E-state index contributed by atoms with van der Waals surface area (Å²) in [6.45, 7) is 4.76. The van der Waals surface area contributed by atoms with E-state index in [2.05, 4.69) is 11.0 Å². The highest BCUT2D eigenvalue weighted by molar-refractivity contribution is 6.33. The van der Waals surface area contributed by atoms with E-state index in [-0.39, 0.29) is 6.10 Å². The summed E-state index contributed by atoms with van der Waals surface area (Å²) in [7, 11) is 0. The number of hydrogen-bond donors (Lipinski definition) is 2. The number of anilines is 1. The van der Waals surface area contributed by atoms with E-state index in [0.29, 0.717) is 0 Å². The molecule has 2 N–H and O–H groups in total. The number of nitrogens with one attached hydrogen (secondary N) is 1. The molecule has 3 rings (SSSR count). The molecule has 22 heavy (non-hydrogen) atoms. The van der Waals surface area contributed by atoms with Crippen molar-refractivity contribution >= 4 is 17.3 Å². The highest BCUT2D eigenvalue weighted by atomic mass is 35.5. The van der Waals surface area contributed by atoms with Crippen LogP contribution < -0.4 is 9.80 Å². The number of rotatable bonds is 4. The molecule has 3 nitrogen and oxygen atoms in total. The van der Waals surface area contributed by atoms with Crippen LogP contribution in [0.1, 0.15) is 11.7 Å². The van der Waals surface area contributed by atoms with Crippen LogP contribution in [-0.4, -0.2) is 37.8 Å². The number of para-hydroxylation sites is 1. The minimum Gasteiger partial charge on any atom is -0.382 e. The van der Waals surface area contributed by atoms with Gasteiger partial charge in [0.05, 0.1) is 36.9 Å². The summed E-state index contributed by atoms with van der Waals surface area (Å²) in [6, 6.07) is 17.9. The van der Waals surface area contributed by atoms with Crippen molar-refractivity contribution in [2.45, 2.75) is 6.10 Å². The lowest BCUT2D eigenvalue weighted by molar-refractivity contribution is -0.904. The van der Waals surface area contributed by atoms with Gasteiger partial charge in [0.2, 0.25) is 0 Å². The average molecular weight is 318 g/mol. The van der Waals surface area contributed by atoms with Crippen LogP contribution >= 0.6 is 11.6 Å². The van der Waals surface area contributed by atoms with Crippen molar-refractivity contribution in [3.63, 3.8) is 0 Å². The fourth-order valence-corrected chi connectivity index (χ4v) is 3.30. The number of hydrogen-bond acceptors (Lipinski definition) is 2. The summed E-state index contributed by atoms with van der Waals surface area (Å²) >= 11 is 6.27. The summed E-state index contributed by atoms with van der Waals surface area (Å²) in [5.41, 5.74) is 2.12. The second kappa shape index (κ2) is 7.14. The summed E-state index contributed by atoms with van der Waals surface area (Å²) < 4.78 is 0. The molecule has 1 fully saturated rings. The molecule has 0 radical (unpaired) electrons. The predicted molar refractivity (Wildman–Crippen MR) is 90.6 cm³/mol. The Kier molecular flexibility index (Phi) is 4.98. The number of nitrogens with zero attached hydrogens (tertiary/aromatic N) is 1. The van der Waals surface area contributed by atoms with E-state index in [1.807, 2.05) is 48.5 Å². The maximum Gasteiger partial charge on any atom is 0.128 e. The van der Waals surface area contributed by atoms with Crippen LogP contribution in [0.5, 0.6) is 0 Å². The summed E-state index contributed by atoms with van der Waals surface area (Å²) in [5, 5.41) is 11.2. The zero-order chi connectivity index (χ0) is 15.4. The van der Waals surface area contributed by atoms with Crippen molar-refractivity contribution in [3.05, 3.63) is 65.2 Å². The molecular weight excluding hydrogens is 296 g/mol. The Morgan fingerprint density at radius 2 is 1.64 bits per heavy atom. The van der Waals surface area contributed by atoms with Crippen LogP contribution in [0.15, 0.2) is 54.6 Å². The molecule has 2 aromatic carbocycles. The first-order valence-corrected chi connectivity index (χ1v) is 8.18. The van der Waals surface area contributed by atoms with E-state index < -0.39 is 0 Å². The Morgan fingerprint density at radius 3 is 2.32 bits per heavy atom. The smallest absolute Gasteiger partial charge is 0.128 e. The van der Waals surface area contributed by atoms with Crippen LogP contribution in [0.25, 0.3) is 0 Å². The second-order valence-electron chi connectivity index (χ2n) is 5.82. The Morgan fingerprint density at radius 1 is 1.00 bits per heavy atom. The first-order chi connectivity index (χ1) is 10.7. The standard InChI is InChI=1S/C18H21ClN2O/c19-16-8-4-5-9-17(16)21-12-10-20(11-13-21)14-18(22)15-6-2-1-3-7-15/h1-9,18,22H,10-14H2/p+1/t18-/m1/s1. The maximum atomic E-state index is 10.3. The molecule has 0 amide bonds. The van der Waals surface area contributed by atoms with Crippen LogP contribution in [0, 0.1) is 0 Å². The number of aliphatic hydroxyl groups excluding tert-OH is 1. The highest BCUT2D eigenvalue weighted by Crippen LogP contribution is 2.24. The normalized spacial score (nSPS) is 17.5. The van der Waals surface area contributed by atoms with Crippen LogP contribution in [0.3, 0.4) is 0 Å². The Balaban J connectivity index is 1.55. The lowest BCUT2D eigenvalue weighted by atomic mass is 10.1. The van der Waals surface area contributed by atoms with Gasteiger partial charge in [0, 0.05) is 0 Å². The van der Waals surface area contributed by atoms with E-state index >= 15 is 0 Å². The van der Waals surface area contributed by atoms with Crippen molar-refractivity contribution in [1.82, 2.24) is 0 Å². The molecule has 0 saturated carbocycles. The molecule has 4 heteroatoms. The molecule has 1 heterocycles. The van der Waals surface area contributed by atoms with Crippen LogP contribution in [-0.2, 0) is 0 Å². The van der Waals surface area contributed by atoms with E-state index in [0.717, 1.165) is 49.0 Å². The van der Waals surface area contributed by atoms with Gasteiger partial charge in [-0.15, -0.1) is 0 Å². The van der Waals surface area contributed by atoms with Gasteiger partial charge in [-0.3, -0.25) is 0 Å². The number of quaternary nitrogens is 1. The van der Waals surface area contributed by atoms with Crippen molar-refractivity contribution in [2.24, 2.45) is 0 Å². The first-order valence-electron chi connectivity index (χ1n) is 7.80. The molecule has 1 aliphatic rings. The van der Waals surface area contributed by atoms with Gasteiger partial charge >= 0.3 is 0 Å².